The van der Waals surface area contributed by atoms with E-state index in [2.05, 4.69) is 14.7 Å². The van der Waals surface area contributed by atoms with Crippen molar-refractivity contribution in [2.24, 2.45) is 0 Å². The zero-order valence-corrected chi connectivity index (χ0v) is 16.1. The van der Waals surface area contributed by atoms with Crippen molar-refractivity contribution in [1.29, 1.82) is 0 Å². The van der Waals surface area contributed by atoms with Crippen LogP contribution in [0.25, 0.3) is 0 Å². The Morgan fingerprint density at radius 1 is 1.22 bits per heavy atom. The molecule has 0 aliphatic heterocycles. The topological polar surface area (TPSA) is 64.1 Å². The Kier molecular flexibility index (Phi) is 5.81. The van der Waals surface area contributed by atoms with Crippen LogP contribution in [-0.4, -0.2) is 21.3 Å². The van der Waals surface area contributed by atoms with Crippen molar-refractivity contribution >= 4 is 17.4 Å². The van der Waals surface area contributed by atoms with Gasteiger partial charge in [-0.3, -0.25) is 4.79 Å². The van der Waals surface area contributed by atoms with Gasteiger partial charge in [0, 0.05) is 29.6 Å². The molecule has 0 aliphatic carbocycles. The molecule has 5 nitrogen and oxygen atoms in total. The van der Waals surface area contributed by atoms with Crippen molar-refractivity contribution in [3.05, 3.63) is 70.8 Å². The molecule has 7 heteroatoms. The van der Waals surface area contributed by atoms with Gasteiger partial charge in [-0.2, -0.15) is 9.36 Å². The Morgan fingerprint density at radius 2 is 1.96 bits per heavy atom. The lowest BCUT2D eigenvalue weighted by Gasteiger charge is -2.11. The molecule has 1 heterocycles. The fourth-order valence-electron chi connectivity index (χ4n) is 2.43. The highest BCUT2D eigenvalue weighted by molar-refractivity contribution is 7.07. The summed E-state index contributed by atoms with van der Waals surface area (Å²) in [5.74, 6) is 0.749. The predicted molar refractivity (Wildman–Crippen MR) is 103 cm³/mol. The van der Waals surface area contributed by atoms with E-state index in [-0.39, 0.29) is 17.8 Å². The lowest BCUT2D eigenvalue weighted by molar-refractivity contribution is 0.0943. The molecule has 140 valence electrons. The molecule has 0 unspecified atom stereocenters. The maximum Gasteiger partial charge on any atom is 0.298 e. The summed E-state index contributed by atoms with van der Waals surface area (Å²) in [6.07, 6.45) is 0.496. The quantitative estimate of drug-likeness (QED) is 0.678. The van der Waals surface area contributed by atoms with Crippen LogP contribution in [0.4, 0.5) is 4.39 Å². The van der Waals surface area contributed by atoms with E-state index in [0.717, 1.165) is 22.7 Å². The molecule has 1 N–H and O–H groups in total. The third-order valence-corrected chi connectivity index (χ3v) is 4.43. The molecular weight excluding hydrogens is 365 g/mol. The molecule has 3 rings (SSSR count). The first-order valence-electron chi connectivity index (χ1n) is 8.57. The molecule has 27 heavy (non-hydrogen) atoms. The van der Waals surface area contributed by atoms with Gasteiger partial charge in [0.2, 0.25) is 0 Å². The number of rotatable bonds is 6. The summed E-state index contributed by atoms with van der Waals surface area (Å²) in [5.41, 5.74) is 2.34. The lowest BCUT2D eigenvalue weighted by Crippen LogP contribution is -2.30. The summed E-state index contributed by atoms with van der Waals surface area (Å²) in [6.45, 7) is 5.72. The van der Waals surface area contributed by atoms with Crippen molar-refractivity contribution in [1.82, 2.24) is 14.7 Å². The number of amides is 1. The van der Waals surface area contributed by atoms with Crippen LogP contribution < -0.4 is 10.1 Å². The maximum atomic E-state index is 13.0. The molecule has 3 aromatic rings. The molecule has 0 atom stereocenters. The zero-order valence-electron chi connectivity index (χ0n) is 15.3. The van der Waals surface area contributed by atoms with E-state index >= 15 is 0 Å². The van der Waals surface area contributed by atoms with Gasteiger partial charge in [0.25, 0.3) is 11.1 Å². The van der Waals surface area contributed by atoms with Gasteiger partial charge in [-0.15, -0.1) is 0 Å². The van der Waals surface area contributed by atoms with E-state index in [1.54, 1.807) is 24.3 Å². The number of nitrogens with one attached hydrogen (secondary N) is 1. The minimum absolute atomic E-state index is 0.0559. The smallest absolute Gasteiger partial charge is 0.298 e. The van der Waals surface area contributed by atoms with Crippen LogP contribution in [0.15, 0.2) is 42.5 Å². The van der Waals surface area contributed by atoms with E-state index in [9.17, 15) is 9.18 Å². The first kappa shape index (κ1) is 19.0. The van der Waals surface area contributed by atoms with Crippen LogP contribution in [0.5, 0.6) is 10.9 Å². The highest BCUT2D eigenvalue weighted by atomic mass is 32.1. The number of carbonyl (C=O) groups is 1. The largest absolute Gasteiger partial charge is 0.430 e. The second-order valence-corrected chi connectivity index (χ2v) is 7.20. The number of benzene rings is 2. The molecule has 2 aromatic carbocycles. The van der Waals surface area contributed by atoms with Crippen molar-refractivity contribution in [3.8, 4) is 10.9 Å². The number of carbonyl (C=O) groups excluding carboxylic acids is 1. The second-order valence-electron chi connectivity index (χ2n) is 6.49. The standard InChI is InChI=1S/C20H20FN3O2S/c1-12(2)22-19(25)15-7-4-13(3)17(11-15)26-20-23-18(24-27-20)10-14-5-8-16(21)9-6-14/h4-9,11-12H,10H2,1-3H3,(H,22,25). The molecule has 0 radical (unpaired) electrons. The van der Waals surface area contributed by atoms with Crippen LogP contribution in [0.1, 0.15) is 41.2 Å². The Labute approximate surface area is 161 Å². The molecule has 0 spiro atoms. The first-order valence-corrected chi connectivity index (χ1v) is 9.34. The maximum absolute atomic E-state index is 13.0. The Bertz CT molecular complexity index is 939. The number of aryl methyl sites for hydroxylation is 1. The van der Waals surface area contributed by atoms with Crippen molar-refractivity contribution in [2.75, 3.05) is 0 Å². The third kappa shape index (κ3) is 5.10. The highest BCUT2D eigenvalue weighted by Gasteiger charge is 2.13. The van der Waals surface area contributed by atoms with Gasteiger partial charge in [0.05, 0.1) is 0 Å². The monoisotopic (exact) mass is 385 g/mol. The van der Waals surface area contributed by atoms with Crippen LogP contribution in [0.3, 0.4) is 0 Å². The van der Waals surface area contributed by atoms with Crippen molar-refractivity contribution < 1.29 is 13.9 Å². The van der Waals surface area contributed by atoms with E-state index in [0.29, 0.717) is 28.8 Å². The molecule has 1 aromatic heterocycles. The number of hydrogen-bond donors (Lipinski definition) is 1. The van der Waals surface area contributed by atoms with Gasteiger partial charge in [-0.05, 0) is 56.2 Å². The van der Waals surface area contributed by atoms with Crippen LogP contribution in [0, 0.1) is 12.7 Å². The summed E-state index contributed by atoms with van der Waals surface area (Å²) in [6, 6.07) is 11.6. The number of aromatic nitrogens is 2. The summed E-state index contributed by atoms with van der Waals surface area (Å²) < 4.78 is 23.1. The molecule has 0 aliphatic rings. The van der Waals surface area contributed by atoms with E-state index in [1.807, 2.05) is 26.8 Å². The van der Waals surface area contributed by atoms with Crippen LogP contribution >= 0.6 is 11.5 Å². The SMILES string of the molecule is Cc1ccc(C(=O)NC(C)C)cc1Oc1nc(Cc2ccc(F)cc2)ns1. The van der Waals surface area contributed by atoms with Gasteiger partial charge in [-0.25, -0.2) is 4.39 Å². The Balaban J connectivity index is 1.72. The first-order chi connectivity index (χ1) is 12.9. The fraction of sp³-hybridized carbons (Fsp3) is 0.250. The summed E-state index contributed by atoms with van der Waals surface area (Å²) >= 11 is 1.14. The lowest BCUT2D eigenvalue weighted by atomic mass is 10.1. The summed E-state index contributed by atoms with van der Waals surface area (Å²) in [4.78, 5) is 16.6. The third-order valence-electron chi connectivity index (χ3n) is 3.79. The predicted octanol–water partition coefficient (Wildman–Crippen LogP) is 4.51. The molecule has 0 bridgehead atoms. The normalized spacial score (nSPS) is 10.9. The molecule has 1 amide bonds. The highest BCUT2D eigenvalue weighted by Crippen LogP contribution is 2.28. The van der Waals surface area contributed by atoms with Gasteiger partial charge < -0.3 is 10.1 Å². The summed E-state index contributed by atoms with van der Waals surface area (Å²) in [5, 5.41) is 3.26. The van der Waals surface area contributed by atoms with E-state index in [4.69, 9.17) is 4.74 Å². The van der Waals surface area contributed by atoms with Gasteiger partial charge in [0.1, 0.15) is 11.6 Å². The molecule has 0 saturated heterocycles. The van der Waals surface area contributed by atoms with E-state index in [1.165, 1.54) is 12.1 Å². The zero-order chi connectivity index (χ0) is 19.4. The van der Waals surface area contributed by atoms with Gasteiger partial charge in [-0.1, -0.05) is 18.2 Å². The average Bonchev–Trinajstić information content (AvgIpc) is 3.05. The van der Waals surface area contributed by atoms with Crippen LogP contribution in [-0.2, 0) is 6.42 Å². The number of ether oxygens (including phenoxy) is 1. The van der Waals surface area contributed by atoms with E-state index < -0.39 is 0 Å². The fourth-order valence-corrected chi connectivity index (χ4v) is 2.99. The molecule has 0 fully saturated rings. The Hall–Kier alpha value is -2.80. The van der Waals surface area contributed by atoms with Crippen molar-refractivity contribution in [3.63, 3.8) is 0 Å². The Morgan fingerprint density at radius 3 is 2.67 bits per heavy atom. The van der Waals surface area contributed by atoms with Gasteiger partial charge >= 0.3 is 0 Å². The summed E-state index contributed by atoms with van der Waals surface area (Å²) in [7, 11) is 0. The second kappa shape index (κ2) is 8.26. The minimum Gasteiger partial charge on any atom is -0.430 e. The van der Waals surface area contributed by atoms with Gasteiger partial charge in [0.15, 0.2) is 5.82 Å². The van der Waals surface area contributed by atoms with Crippen molar-refractivity contribution in [2.45, 2.75) is 33.2 Å². The average molecular weight is 385 g/mol. The molecular formula is C20H20FN3O2S. The minimum atomic E-state index is -0.272. The van der Waals surface area contributed by atoms with Crippen LogP contribution in [0.2, 0.25) is 0 Å². The molecule has 0 saturated carbocycles. The number of nitrogens with zero attached hydrogens (tertiary/aromatic N) is 2. The number of hydrogen-bond acceptors (Lipinski definition) is 5. The number of halogens is 1.